The Morgan fingerprint density at radius 2 is 1.77 bits per heavy atom. The Hall–Kier alpha value is -2.08. The summed E-state index contributed by atoms with van der Waals surface area (Å²) in [5.41, 5.74) is 1.24. The fourth-order valence-electron chi connectivity index (χ4n) is 4.49. The number of hydrogen-bond donors (Lipinski definition) is 1. The zero-order valence-corrected chi connectivity index (χ0v) is 18.7. The third kappa shape index (κ3) is 5.54. The minimum Gasteiger partial charge on any atom is -0.354 e. The number of carbonyl (C=O) groups excluding carboxylic acids is 1. The molecule has 2 fully saturated rings. The molecule has 0 atom stereocenters. The quantitative estimate of drug-likeness (QED) is 0.685. The molecule has 1 saturated heterocycles. The van der Waals surface area contributed by atoms with E-state index in [1.54, 1.807) is 24.2 Å². The van der Waals surface area contributed by atoms with Crippen molar-refractivity contribution in [2.75, 3.05) is 18.0 Å². The Kier molecular flexibility index (Phi) is 7.26. The summed E-state index contributed by atoms with van der Waals surface area (Å²) in [6, 6.07) is 8.85. The summed E-state index contributed by atoms with van der Waals surface area (Å²) < 4.78 is 0. The van der Waals surface area contributed by atoms with Crippen molar-refractivity contribution in [3.05, 3.63) is 42.2 Å². The Bertz CT molecular complexity index is 843. The molecule has 2 aromatic rings. The van der Waals surface area contributed by atoms with Crippen LogP contribution in [0.1, 0.15) is 56.9 Å². The van der Waals surface area contributed by atoms with Crippen LogP contribution in [0.4, 0.5) is 5.82 Å². The van der Waals surface area contributed by atoms with Crippen LogP contribution in [-0.2, 0) is 4.79 Å². The molecule has 0 unspecified atom stereocenters. The van der Waals surface area contributed by atoms with Gasteiger partial charge in [0.05, 0.1) is 0 Å². The number of carbonyl (C=O) groups is 1. The van der Waals surface area contributed by atoms with Crippen LogP contribution < -0.4 is 10.2 Å². The van der Waals surface area contributed by atoms with Gasteiger partial charge in [0.1, 0.15) is 5.03 Å². The van der Waals surface area contributed by atoms with Crippen molar-refractivity contribution in [3.63, 3.8) is 0 Å². The predicted molar refractivity (Wildman–Crippen MR) is 122 cm³/mol. The summed E-state index contributed by atoms with van der Waals surface area (Å²) in [7, 11) is 0. The van der Waals surface area contributed by atoms with Gasteiger partial charge in [0.15, 0.2) is 5.82 Å². The fraction of sp³-hybridized carbons (Fsp3) is 0.542. The van der Waals surface area contributed by atoms with Crippen LogP contribution in [-0.4, -0.2) is 35.0 Å². The van der Waals surface area contributed by atoms with Crippen molar-refractivity contribution < 1.29 is 4.79 Å². The first-order valence-corrected chi connectivity index (χ1v) is 12.1. The molecule has 1 N–H and O–H groups in total. The molecule has 30 heavy (non-hydrogen) atoms. The molecule has 0 spiro atoms. The number of piperidine rings is 1. The highest BCUT2D eigenvalue weighted by Gasteiger charge is 2.28. The second-order valence-electron chi connectivity index (χ2n) is 8.56. The summed E-state index contributed by atoms with van der Waals surface area (Å²) in [5, 5.41) is 4.28. The SMILES string of the molecule is Cc1cccc(Sc2nccnc2N2CCC(C(=O)NC3CCCCCC3)CC2)c1. The lowest BCUT2D eigenvalue weighted by molar-refractivity contribution is -0.126. The standard InChI is InChI=1S/C24H32N4OS/c1-18-7-6-10-21(17-18)30-24-22(25-13-14-26-24)28-15-11-19(12-16-28)23(29)27-20-8-4-2-3-5-9-20/h6-7,10,13-14,17,19-20H,2-5,8-9,11-12,15-16H2,1H3,(H,27,29). The van der Waals surface area contributed by atoms with Gasteiger partial charge in [-0.25, -0.2) is 9.97 Å². The lowest BCUT2D eigenvalue weighted by atomic mass is 9.95. The van der Waals surface area contributed by atoms with E-state index in [0.29, 0.717) is 6.04 Å². The van der Waals surface area contributed by atoms with E-state index in [-0.39, 0.29) is 11.8 Å². The van der Waals surface area contributed by atoms with E-state index in [9.17, 15) is 4.79 Å². The normalized spacial score (nSPS) is 18.8. The summed E-state index contributed by atoms with van der Waals surface area (Å²) in [6.45, 7) is 3.80. The zero-order valence-electron chi connectivity index (χ0n) is 17.8. The van der Waals surface area contributed by atoms with Gasteiger partial charge in [-0.05, 0) is 44.7 Å². The van der Waals surface area contributed by atoms with Gasteiger partial charge in [0.25, 0.3) is 0 Å². The molecule has 6 heteroatoms. The molecular weight excluding hydrogens is 392 g/mol. The average molecular weight is 425 g/mol. The van der Waals surface area contributed by atoms with Crippen LogP contribution in [0, 0.1) is 12.8 Å². The minimum absolute atomic E-state index is 0.119. The molecule has 1 aliphatic carbocycles. The van der Waals surface area contributed by atoms with Crippen LogP contribution >= 0.6 is 11.8 Å². The zero-order chi connectivity index (χ0) is 20.8. The summed E-state index contributed by atoms with van der Waals surface area (Å²) in [6.07, 6.45) is 12.7. The van der Waals surface area contributed by atoms with Crippen molar-refractivity contribution >= 4 is 23.5 Å². The summed E-state index contributed by atoms with van der Waals surface area (Å²) in [4.78, 5) is 25.5. The number of aromatic nitrogens is 2. The number of nitrogens with zero attached hydrogens (tertiary/aromatic N) is 3. The maximum absolute atomic E-state index is 12.8. The minimum atomic E-state index is 0.119. The van der Waals surface area contributed by atoms with E-state index in [0.717, 1.165) is 49.6 Å². The number of benzene rings is 1. The molecule has 1 aliphatic heterocycles. The highest BCUT2D eigenvalue weighted by atomic mass is 32.2. The molecular formula is C24H32N4OS. The van der Waals surface area contributed by atoms with E-state index in [1.165, 1.54) is 36.1 Å². The van der Waals surface area contributed by atoms with Crippen LogP contribution in [0.2, 0.25) is 0 Å². The summed E-state index contributed by atoms with van der Waals surface area (Å²) in [5.74, 6) is 1.32. The first-order chi connectivity index (χ1) is 14.7. The van der Waals surface area contributed by atoms with Gasteiger partial charge in [-0.2, -0.15) is 0 Å². The van der Waals surface area contributed by atoms with Crippen molar-refractivity contribution in [1.29, 1.82) is 0 Å². The fourth-order valence-corrected chi connectivity index (χ4v) is 5.49. The monoisotopic (exact) mass is 424 g/mol. The predicted octanol–water partition coefficient (Wildman–Crippen LogP) is 4.99. The highest BCUT2D eigenvalue weighted by Crippen LogP contribution is 2.34. The summed E-state index contributed by atoms with van der Waals surface area (Å²) >= 11 is 1.66. The van der Waals surface area contributed by atoms with E-state index in [2.05, 4.69) is 51.4 Å². The lowest BCUT2D eigenvalue weighted by Gasteiger charge is -2.33. The first kappa shape index (κ1) is 21.2. The number of aryl methyl sites for hydroxylation is 1. The van der Waals surface area contributed by atoms with Crippen molar-refractivity contribution in [2.45, 2.75) is 74.3 Å². The number of anilines is 1. The second kappa shape index (κ2) is 10.3. The third-order valence-corrected chi connectivity index (χ3v) is 7.19. The number of nitrogens with one attached hydrogen (secondary N) is 1. The van der Waals surface area contributed by atoms with Crippen molar-refractivity contribution in [2.24, 2.45) is 5.92 Å². The van der Waals surface area contributed by atoms with Gasteiger partial charge in [-0.1, -0.05) is 55.1 Å². The lowest BCUT2D eigenvalue weighted by Crippen LogP contribution is -2.44. The number of hydrogen-bond acceptors (Lipinski definition) is 5. The Labute approximate surface area is 184 Å². The van der Waals surface area contributed by atoms with Gasteiger partial charge in [-0.3, -0.25) is 4.79 Å². The van der Waals surface area contributed by atoms with Crippen LogP contribution in [0.25, 0.3) is 0 Å². The van der Waals surface area contributed by atoms with Crippen LogP contribution in [0.3, 0.4) is 0 Å². The second-order valence-corrected chi connectivity index (χ2v) is 9.62. The van der Waals surface area contributed by atoms with E-state index >= 15 is 0 Å². The molecule has 160 valence electrons. The third-order valence-electron chi connectivity index (χ3n) is 6.22. The Morgan fingerprint density at radius 1 is 1.03 bits per heavy atom. The smallest absolute Gasteiger partial charge is 0.223 e. The molecule has 0 radical (unpaired) electrons. The maximum atomic E-state index is 12.8. The largest absolute Gasteiger partial charge is 0.354 e. The molecule has 1 saturated carbocycles. The molecule has 2 aliphatic rings. The van der Waals surface area contributed by atoms with Crippen molar-refractivity contribution in [1.82, 2.24) is 15.3 Å². The van der Waals surface area contributed by atoms with E-state index in [4.69, 9.17) is 0 Å². The highest BCUT2D eigenvalue weighted by molar-refractivity contribution is 7.99. The number of rotatable bonds is 5. The topological polar surface area (TPSA) is 58.1 Å². The maximum Gasteiger partial charge on any atom is 0.223 e. The average Bonchev–Trinajstić information content (AvgIpc) is 3.03. The molecule has 0 bridgehead atoms. The van der Waals surface area contributed by atoms with Crippen molar-refractivity contribution in [3.8, 4) is 0 Å². The van der Waals surface area contributed by atoms with Gasteiger partial charge < -0.3 is 10.2 Å². The van der Waals surface area contributed by atoms with Gasteiger partial charge in [0.2, 0.25) is 5.91 Å². The van der Waals surface area contributed by atoms with Gasteiger partial charge >= 0.3 is 0 Å². The Balaban J connectivity index is 1.35. The van der Waals surface area contributed by atoms with Gasteiger partial charge in [0, 0.05) is 42.3 Å². The molecule has 1 amide bonds. The molecule has 2 heterocycles. The molecule has 5 nitrogen and oxygen atoms in total. The van der Waals surface area contributed by atoms with Crippen LogP contribution in [0.15, 0.2) is 46.6 Å². The number of amides is 1. The van der Waals surface area contributed by atoms with Gasteiger partial charge in [-0.15, -0.1) is 0 Å². The molecule has 1 aromatic carbocycles. The van der Waals surface area contributed by atoms with E-state index < -0.39 is 0 Å². The van der Waals surface area contributed by atoms with Crippen LogP contribution in [0.5, 0.6) is 0 Å². The van der Waals surface area contributed by atoms with E-state index in [1.807, 2.05) is 0 Å². The molecule has 1 aromatic heterocycles. The first-order valence-electron chi connectivity index (χ1n) is 11.3. The Morgan fingerprint density at radius 3 is 2.50 bits per heavy atom. The molecule has 4 rings (SSSR count).